The van der Waals surface area contributed by atoms with Crippen molar-refractivity contribution in [1.82, 2.24) is 9.88 Å². The molecule has 3 rings (SSSR count). The van der Waals surface area contributed by atoms with Gasteiger partial charge in [0.25, 0.3) is 5.91 Å². The summed E-state index contributed by atoms with van der Waals surface area (Å²) in [7, 11) is 0. The van der Waals surface area contributed by atoms with E-state index >= 15 is 0 Å². The standard InChI is InChI=1S/C21H18ClF3N2O3/c22-17-3-1-2-15(12-17)6-7-20(29)8-10-27(11-9-20)19(28)16-4-5-18(26-13-16)30-14-21(23,24)25/h1-5,12-13,29H,8-11,14H2. The van der Waals surface area contributed by atoms with Crippen molar-refractivity contribution in [3.8, 4) is 17.7 Å². The number of carbonyl (C=O) groups excluding carboxylic acids is 1. The fraction of sp³-hybridized carbons (Fsp3) is 0.333. The summed E-state index contributed by atoms with van der Waals surface area (Å²) in [6.45, 7) is -0.883. The Morgan fingerprint density at radius 3 is 2.60 bits per heavy atom. The van der Waals surface area contributed by atoms with Gasteiger partial charge in [0.05, 0.1) is 5.56 Å². The van der Waals surface area contributed by atoms with Crippen molar-refractivity contribution in [2.24, 2.45) is 0 Å². The normalized spacial score (nSPS) is 15.8. The Balaban J connectivity index is 1.57. The van der Waals surface area contributed by atoms with Gasteiger partial charge in [-0.2, -0.15) is 13.2 Å². The summed E-state index contributed by atoms with van der Waals surface area (Å²) in [5.74, 6) is 5.23. The second-order valence-corrected chi connectivity index (χ2v) is 7.31. The zero-order valence-electron chi connectivity index (χ0n) is 15.7. The Labute approximate surface area is 176 Å². The number of hydrogen-bond donors (Lipinski definition) is 1. The molecule has 158 valence electrons. The minimum atomic E-state index is -4.46. The molecular weight excluding hydrogens is 421 g/mol. The Bertz CT molecular complexity index is 960. The number of aliphatic hydroxyl groups is 1. The Morgan fingerprint density at radius 2 is 2.00 bits per heavy atom. The molecule has 0 aliphatic carbocycles. The average molecular weight is 439 g/mol. The lowest BCUT2D eigenvalue weighted by molar-refractivity contribution is -0.154. The zero-order valence-corrected chi connectivity index (χ0v) is 16.5. The molecule has 2 heterocycles. The van der Waals surface area contributed by atoms with Gasteiger partial charge in [-0.1, -0.05) is 29.5 Å². The van der Waals surface area contributed by atoms with Gasteiger partial charge in [-0.25, -0.2) is 4.98 Å². The van der Waals surface area contributed by atoms with Crippen molar-refractivity contribution in [1.29, 1.82) is 0 Å². The summed E-state index contributed by atoms with van der Waals surface area (Å²) in [6, 6.07) is 9.57. The van der Waals surface area contributed by atoms with E-state index < -0.39 is 18.4 Å². The molecule has 1 fully saturated rings. The highest BCUT2D eigenvalue weighted by Gasteiger charge is 2.33. The summed E-state index contributed by atoms with van der Waals surface area (Å²) in [5.41, 5.74) is -0.301. The highest BCUT2D eigenvalue weighted by molar-refractivity contribution is 6.30. The molecule has 9 heteroatoms. The number of carbonyl (C=O) groups is 1. The first-order chi connectivity index (χ1) is 14.1. The van der Waals surface area contributed by atoms with E-state index in [0.717, 1.165) is 0 Å². The number of aromatic nitrogens is 1. The Morgan fingerprint density at radius 1 is 1.27 bits per heavy atom. The summed E-state index contributed by atoms with van der Waals surface area (Å²) in [6.07, 6.45) is -2.75. The van der Waals surface area contributed by atoms with Crippen LogP contribution in [0.15, 0.2) is 42.6 Å². The van der Waals surface area contributed by atoms with Gasteiger partial charge >= 0.3 is 6.18 Å². The van der Waals surface area contributed by atoms with Crippen LogP contribution in [-0.4, -0.2) is 52.4 Å². The van der Waals surface area contributed by atoms with Crippen LogP contribution in [0, 0.1) is 11.8 Å². The summed E-state index contributed by atoms with van der Waals surface area (Å²) >= 11 is 5.92. The van der Waals surface area contributed by atoms with E-state index in [1.807, 2.05) is 0 Å². The van der Waals surface area contributed by atoms with Crippen LogP contribution in [0.4, 0.5) is 13.2 Å². The molecule has 0 spiro atoms. The first-order valence-electron chi connectivity index (χ1n) is 9.10. The second-order valence-electron chi connectivity index (χ2n) is 6.87. The van der Waals surface area contributed by atoms with Crippen LogP contribution in [0.5, 0.6) is 5.88 Å². The van der Waals surface area contributed by atoms with Gasteiger partial charge in [0, 0.05) is 48.8 Å². The van der Waals surface area contributed by atoms with Gasteiger partial charge in [0.2, 0.25) is 5.88 Å². The van der Waals surface area contributed by atoms with Gasteiger partial charge in [-0.3, -0.25) is 4.79 Å². The van der Waals surface area contributed by atoms with Crippen molar-refractivity contribution in [2.75, 3.05) is 19.7 Å². The molecule has 1 aromatic heterocycles. The number of ether oxygens (including phenoxy) is 1. The lowest BCUT2D eigenvalue weighted by Gasteiger charge is -2.35. The number of halogens is 4. The molecule has 1 amide bonds. The van der Waals surface area contributed by atoms with E-state index in [1.165, 1.54) is 18.3 Å². The number of amides is 1. The predicted molar refractivity (Wildman–Crippen MR) is 104 cm³/mol. The quantitative estimate of drug-likeness (QED) is 0.742. The molecule has 1 aliphatic rings. The van der Waals surface area contributed by atoms with Crippen LogP contribution in [0.25, 0.3) is 0 Å². The number of pyridine rings is 1. The molecule has 1 N–H and O–H groups in total. The van der Waals surface area contributed by atoms with Crippen molar-refractivity contribution in [3.63, 3.8) is 0 Å². The van der Waals surface area contributed by atoms with Crippen LogP contribution in [-0.2, 0) is 0 Å². The average Bonchev–Trinajstić information content (AvgIpc) is 2.71. The molecule has 1 aliphatic heterocycles. The number of benzene rings is 1. The van der Waals surface area contributed by atoms with Gasteiger partial charge in [0.1, 0.15) is 5.60 Å². The van der Waals surface area contributed by atoms with Crippen molar-refractivity contribution in [2.45, 2.75) is 24.6 Å². The molecule has 1 saturated heterocycles. The largest absolute Gasteiger partial charge is 0.468 e. The fourth-order valence-corrected chi connectivity index (χ4v) is 3.08. The summed E-state index contributed by atoms with van der Waals surface area (Å²) in [5, 5.41) is 11.2. The van der Waals surface area contributed by atoms with Gasteiger partial charge in [-0.05, 0) is 24.3 Å². The lowest BCUT2D eigenvalue weighted by Crippen LogP contribution is -2.46. The number of hydrogen-bond acceptors (Lipinski definition) is 4. The van der Waals surface area contributed by atoms with Crippen molar-refractivity contribution >= 4 is 17.5 Å². The SMILES string of the molecule is O=C(c1ccc(OCC(F)(F)F)nc1)N1CCC(O)(C#Cc2cccc(Cl)c2)CC1. The maximum Gasteiger partial charge on any atom is 0.422 e. The molecule has 5 nitrogen and oxygen atoms in total. The van der Waals surface area contributed by atoms with Crippen LogP contribution < -0.4 is 4.74 Å². The van der Waals surface area contributed by atoms with Crippen molar-refractivity contribution < 1.29 is 27.8 Å². The van der Waals surface area contributed by atoms with E-state index in [0.29, 0.717) is 10.6 Å². The van der Waals surface area contributed by atoms with Gasteiger partial charge < -0.3 is 14.7 Å². The third-order valence-electron chi connectivity index (χ3n) is 4.51. The molecule has 0 bridgehead atoms. The van der Waals surface area contributed by atoms with Gasteiger partial charge in [-0.15, -0.1) is 0 Å². The smallest absolute Gasteiger partial charge is 0.422 e. The number of likely N-dealkylation sites (tertiary alicyclic amines) is 1. The summed E-state index contributed by atoms with van der Waals surface area (Å²) < 4.78 is 41.1. The minimum absolute atomic E-state index is 0.215. The van der Waals surface area contributed by atoms with E-state index in [4.69, 9.17) is 11.6 Å². The van der Waals surface area contributed by atoms with Crippen LogP contribution in [0.1, 0.15) is 28.8 Å². The molecule has 1 aromatic carbocycles. The highest BCUT2D eigenvalue weighted by atomic mass is 35.5. The number of alkyl halides is 3. The Hall–Kier alpha value is -2.76. The highest BCUT2D eigenvalue weighted by Crippen LogP contribution is 2.24. The molecule has 0 unspecified atom stereocenters. The van der Waals surface area contributed by atoms with E-state index in [2.05, 4.69) is 21.6 Å². The van der Waals surface area contributed by atoms with E-state index in [1.54, 1.807) is 29.2 Å². The van der Waals surface area contributed by atoms with Crippen molar-refractivity contribution in [3.05, 3.63) is 58.7 Å². The topological polar surface area (TPSA) is 62.7 Å². The molecule has 0 radical (unpaired) electrons. The lowest BCUT2D eigenvalue weighted by atomic mass is 9.91. The van der Waals surface area contributed by atoms with Crippen LogP contribution in [0.3, 0.4) is 0 Å². The van der Waals surface area contributed by atoms with E-state index in [9.17, 15) is 23.1 Å². The fourth-order valence-electron chi connectivity index (χ4n) is 2.89. The van der Waals surface area contributed by atoms with Gasteiger partial charge in [0.15, 0.2) is 6.61 Å². The molecule has 0 atom stereocenters. The zero-order chi connectivity index (χ0) is 21.8. The summed E-state index contributed by atoms with van der Waals surface area (Å²) in [4.78, 5) is 17.9. The maximum atomic E-state index is 12.6. The number of nitrogens with zero attached hydrogens (tertiary/aromatic N) is 2. The van der Waals surface area contributed by atoms with Crippen LogP contribution >= 0.6 is 11.6 Å². The number of piperidine rings is 1. The third kappa shape index (κ3) is 6.12. The third-order valence-corrected chi connectivity index (χ3v) is 4.74. The number of rotatable bonds is 3. The first kappa shape index (κ1) is 21.9. The maximum absolute atomic E-state index is 12.6. The molecule has 2 aromatic rings. The molecule has 30 heavy (non-hydrogen) atoms. The van der Waals surface area contributed by atoms with Crippen LogP contribution in [0.2, 0.25) is 5.02 Å². The second kappa shape index (κ2) is 8.94. The monoisotopic (exact) mass is 438 g/mol. The predicted octanol–water partition coefficient (Wildman–Crippen LogP) is 3.69. The Kier molecular flexibility index (Phi) is 6.54. The minimum Gasteiger partial charge on any atom is -0.468 e. The first-order valence-corrected chi connectivity index (χ1v) is 9.47. The molecular formula is C21H18ClF3N2O3. The van der Waals surface area contributed by atoms with E-state index in [-0.39, 0.29) is 43.3 Å². The molecule has 0 saturated carbocycles.